The second-order valence-electron chi connectivity index (χ2n) is 12.2. The summed E-state index contributed by atoms with van der Waals surface area (Å²) < 4.78 is 91.3. The fourth-order valence-corrected chi connectivity index (χ4v) is 12.2. The van der Waals surface area contributed by atoms with Crippen LogP contribution in [0.3, 0.4) is 0 Å². The van der Waals surface area contributed by atoms with Gasteiger partial charge in [0.15, 0.2) is 0 Å². The molecule has 0 aromatic heterocycles. The molecule has 0 bridgehead atoms. The number of nitrogens with zero attached hydrogens (tertiary/aromatic N) is 1. The van der Waals surface area contributed by atoms with Crippen molar-refractivity contribution in [3.05, 3.63) is 60.7 Å². The topological polar surface area (TPSA) is 225 Å². The summed E-state index contributed by atoms with van der Waals surface area (Å²) in [5, 5.41) is 33.1. The predicted molar refractivity (Wildman–Crippen MR) is 188 cm³/mol. The van der Waals surface area contributed by atoms with Crippen molar-refractivity contribution in [1.82, 2.24) is 5.32 Å². The Bertz CT molecular complexity index is 2350. The maximum atomic E-state index is 13.4. The van der Waals surface area contributed by atoms with Crippen LogP contribution in [-0.4, -0.2) is 68.2 Å². The third-order valence-corrected chi connectivity index (χ3v) is 17.3. The fraction of sp³-hybridized carbons (Fsp3) is 0.265. The molecule has 57 heavy (non-hydrogen) atoms. The van der Waals surface area contributed by atoms with Crippen molar-refractivity contribution >= 4 is 90.4 Å². The Morgan fingerprint density at radius 1 is 0.912 bits per heavy atom. The minimum absolute atomic E-state index is 0.0818. The molecule has 1 heterocycles. The van der Waals surface area contributed by atoms with Gasteiger partial charge in [0.25, 0.3) is 5.91 Å². The Labute approximate surface area is 342 Å². The Morgan fingerprint density at radius 2 is 1.49 bits per heavy atom. The van der Waals surface area contributed by atoms with Gasteiger partial charge in [-0.3, -0.25) is 19.7 Å². The van der Waals surface area contributed by atoms with Crippen LogP contribution in [0.15, 0.2) is 75.4 Å². The second kappa shape index (κ2) is 19.6. The molecule has 0 spiro atoms. The number of benzene rings is 5. The summed E-state index contributed by atoms with van der Waals surface area (Å²) in [6, 6.07) is 15.2. The van der Waals surface area contributed by atoms with Crippen LogP contribution in [0.25, 0.3) is 32.3 Å². The third-order valence-electron chi connectivity index (χ3n) is 8.92. The molecule has 6 rings (SSSR count). The van der Waals surface area contributed by atoms with Crippen LogP contribution in [0.5, 0.6) is 5.75 Å². The first-order chi connectivity index (χ1) is 27.1. The van der Waals surface area contributed by atoms with Gasteiger partial charge in [0.1, 0.15) is 16.7 Å². The van der Waals surface area contributed by atoms with Gasteiger partial charge in [0.2, 0.25) is 5.91 Å². The standard InChI is InChI=1S/C25H24N2O12S3.C7H7O.C2F3O.Hg/c1-26-25(29)13-6-8-27(22(28)12-35-9-7-13)18-10-19(40-38-36-30)15-3-4-16-20(41-39-37-31)11-21(42(32,33)34)17-5-2-14(18)23(15)24(16)17;1-8-7-5-3-2-4-6-7;3-2(4,5)1-6;/h2-5,10-11,13,30-31H,6-9,12H2,1H3,(H,26,29)(H,32,33,34);3-6H,1H3;;/p-3. The van der Waals surface area contributed by atoms with Crippen LogP contribution in [-0.2, 0) is 72.6 Å². The quantitative estimate of drug-likeness (QED) is 0.0474. The number of hydrogen-bond donors (Lipinski definition) is 1. The first kappa shape index (κ1) is 44.7. The Morgan fingerprint density at radius 3 is 2.05 bits per heavy atom. The van der Waals surface area contributed by atoms with Crippen molar-refractivity contribution in [2.45, 2.75) is 33.7 Å². The van der Waals surface area contributed by atoms with E-state index in [4.69, 9.17) is 9.47 Å². The number of anilines is 1. The molecule has 1 unspecified atom stereocenters. The number of halogens is 3. The van der Waals surface area contributed by atoms with Crippen molar-refractivity contribution in [3.8, 4) is 5.75 Å². The molecule has 0 aliphatic carbocycles. The molecule has 0 saturated carbocycles. The molecule has 16 nitrogen and oxygen atoms in total. The minimum atomic E-state index is -5.02. The molecule has 1 saturated heterocycles. The molecular weight excluding hydrogens is 1010 g/mol. The third kappa shape index (κ3) is 10.6. The van der Waals surface area contributed by atoms with Crippen molar-refractivity contribution in [2.24, 2.45) is 5.92 Å². The number of carbonyl (C=O) groups is 3. The zero-order chi connectivity index (χ0) is 41.5. The average molecular weight is 1040 g/mol. The molecular formula is C34H28F3HgN2O14S3-3. The number of methoxy groups -OCH3 is 1. The van der Waals surface area contributed by atoms with Crippen molar-refractivity contribution in [1.29, 1.82) is 0 Å². The van der Waals surface area contributed by atoms with E-state index in [1.807, 2.05) is 0 Å². The van der Waals surface area contributed by atoms with Crippen LogP contribution in [0, 0.1) is 5.92 Å². The van der Waals surface area contributed by atoms with Gasteiger partial charge in [-0.2, -0.15) is 8.67 Å². The van der Waals surface area contributed by atoms with Gasteiger partial charge in [-0.15, -0.1) is 0 Å². The molecule has 1 atom stereocenters. The predicted octanol–water partition coefficient (Wildman–Crippen LogP) is 2.95. The molecule has 23 heteroatoms. The summed E-state index contributed by atoms with van der Waals surface area (Å²) in [6.07, 6.45) is -3.94. The van der Waals surface area contributed by atoms with Gasteiger partial charge in [-0.1, -0.05) is 24.3 Å². The summed E-state index contributed by atoms with van der Waals surface area (Å²) in [7, 11) is -2.02. The number of carbonyl (C=O) groups excluding carboxylic acids is 3. The Hall–Kier alpha value is -3.39. The molecule has 0 radical (unpaired) electrons. The van der Waals surface area contributed by atoms with E-state index in [0.29, 0.717) is 83.3 Å². The van der Waals surface area contributed by atoms with E-state index in [1.54, 1.807) is 36.4 Å². The van der Waals surface area contributed by atoms with Crippen LogP contribution in [0.2, 0.25) is 0 Å². The zero-order valence-electron chi connectivity index (χ0n) is 29.6. The van der Waals surface area contributed by atoms with Crippen LogP contribution >= 0.6 is 24.1 Å². The number of nitrogens with one attached hydrogen (secondary N) is 1. The summed E-state index contributed by atoms with van der Waals surface area (Å²) >= 11 is -1.73. The van der Waals surface area contributed by atoms with Crippen molar-refractivity contribution < 1.29 is 104 Å². The molecule has 1 aliphatic rings. The molecule has 2 amide bonds. The van der Waals surface area contributed by atoms with Gasteiger partial charge < -0.3 is 30.0 Å². The van der Waals surface area contributed by atoms with Gasteiger partial charge in [0, 0.05) is 52.1 Å². The van der Waals surface area contributed by atoms with E-state index in [1.165, 1.54) is 37.3 Å². The second-order valence-corrected chi connectivity index (χ2v) is 22.0. The number of ether oxygens (including phenoxy) is 2. The van der Waals surface area contributed by atoms with E-state index in [-0.39, 0.29) is 35.9 Å². The molecule has 1 fully saturated rings. The SMILES string of the molecule is CNC(=O)C1CCOCC(=O)N(c2cc(SOO[O-])c3ccc4c(SOO[O-])cc(S(=O)(=O)[O-])c5ccc2c3c45)CC1.COc1cc[c]([Hg][C](=O)C(F)(F)F)cc1. The van der Waals surface area contributed by atoms with Gasteiger partial charge in [-0.25, -0.2) is 8.42 Å². The first-order valence-electron chi connectivity index (χ1n) is 16.5. The van der Waals surface area contributed by atoms with Gasteiger partial charge >= 0.3 is 96.9 Å². The van der Waals surface area contributed by atoms with Crippen molar-refractivity contribution in [2.75, 3.05) is 38.8 Å². The first-order valence-corrected chi connectivity index (χ1v) is 24.8. The normalized spacial score (nSPS) is 15.4. The molecule has 1 N–H and O–H groups in total. The monoisotopic (exact) mass is 1040 g/mol. The molecule has 5 aromatic carbocycles. The number of alkyl halides is 3. The number of rotatable bonds is 12. The maximum absolute atomic E-state index is 13.4. The number of hydrogen-bond acceptors (Lipinski definition) is 16. The Balaban J connectivity index is 0.000000348. The molecule has 302 valence electrons. The number of amides is 2. The summed E-state index contributed by atoms with van der Waals surface area (Å²) in [5.74, 6) is -0.450. The van der Waals surface area contributed by atoms with Crippen molar-refractivity contribution in [3.63, 3.8) is 0 Å². The van der Waals surface area contributed by atoms with E-state index >= 15 is 0 Å². The summed E-state index contributed by atoms with van der Waals surface area (Å²) in [6.45, 7) is 0.0637. The van der Waals surface area contributed by atoms with Crippen LogP contribution in [0.4, 0.5) is 18.9 Å². The van der Waals surface area contributed by atoms with E-state index in [9.17, 15) is 51.0 Å². The Kier molecular flexibility index (Phi) is 15.3. The average Bonchev–Trinajstić information content (AvgIpc) is 3.28. The zero-order valence-corrected chi connectivity index (χ0v) is 37.6. The summed E-state index contributed by atoms with van der Waals surface area (Å²) in [5.41, 5.74) is 0.351. The molecule has 5 aromatic rings. The van der Waals surface area contributed by atoms with Gasteiger partial charge in [0.05, 0.1) is 34.7 Å². The van der Waals surface area contributed by atoms with E-state index in [2.05, 4.69) is 24.1 Å². The van der Waals surface area contributed by atoms with E-state index < -0.39 is 60.9 Å². The fourth-order valence-electron chi connectivity index (χ4n) is 6.32. The van der Waals surface area contributed by atoms with Crippen LogP contribution < -0.4 is 28.5 Å². The van der Waals surface area contributed by atoms with Crippen LogP contribution in [0.1, 0.15) is 12.8 Å². The molecule has 1 aliphatic heterocycles. The van der Waals surface area contributed by atoms with Gasteiger partial charge in [-0.05, 0) is 41.1 Å². The van der Waals surface area contributed by atoms with E-state index in [0.717, 1.165) is 6.07 Å². The summed E-state index contributed by atoms with van der Waals surface area (Å²) in [4.78, 5) is 37.9.